The Morgan fingerprint density at radius 2 is 1.90 bits per heavy atom. The summed E-state index contributed by atoms with van der Waals surface area (Å²) >= 11 is 0. The molecular weight excluding hydrogens is 394 g/mol. The minimum Gasteiger partial charge on any atom is -0.334 e. The lowest BCUT2D eigenvalue weighted by Crippen LogP contribution is -2.52. The fourth-order valence-corrected chi connectivity index (χ4v) is 6.67. The number of rotatable bonds is 6. The van der Waals surface area contributed by atoms with E-state index in [-0.39, 0.29) is 35.9 Å². The number of nitrogens with zero attached hydrogens (tertiary/aromatic N) is 2. The minimum absolute atomic E-state index is 0.0500. The molecule has 2 aliphatic heterocycles. The third-order valence-electron chi connectivity index (χ3n) is 7.03. The summed E-state index contributed by atoms with van der Waals surface area (Å²) in [5.74, 6) is -0.0714. The van der Waals surface area contributed by atoms with Gasteiger partial charge in [-0.25, -0.2) is 13.2 Å². The molecule has 0 aromatic heterocycles. The lowest BCUT2D eigenvalue weighted by Gasteiger charge is -2.35. The summed E-state index contributed by atoms with van der Waals surface area (Å²) in [5, 5.41) is 2.85. The lowest BCUT2D eigenvalue weighted by molar-refractivity contribution is -0.142. The first-order chi connectivity index (χ1) is 13.6. The van der Waals surface area contributed by atoms with Crippen molar-refractivity contribution in [3.8, 4) is 0 Å². The topological polar surface area (TPSA) is 104 Å². The highest BCUT2D eigenvalue weighted by atomic mass is 32.2. The van der Waals surface area contributed by atoms with E-state index in [0.717, 1.165) is 24.2 Å². The zero-order chi connectivity index (χ0) is 21.4. The summed E-state index contributed by atoms with van der Waals surface area (Å²) in [6.07, 6.45) is 5.14. The average Bonchev–Trinajstić information content (AvgIpc) is 3.14. The normalized spacial score (nSPS) is 32.4. The Hall–Kier alpha value is -1.64. The molecule has 2 heterocycles. The average molecular weight is 428 g/mol. The van der Waals surface area contributed by atoms with Gasteiger partial charge < -0.3 is 10.2 Å². The SMILES string of the molecule is CCC1CCC2(CC1)NC(=O)N(CC(=O)N([C@H]1CCS(=O)(=O)C1)[C@@H](C)CC)C2=O. The first-order valence-corrected chi connectivity index (χ1v) is 12.6. The van der Waals surface area contributed by atoms with Crippen molar-refractivity contribution in [1.82, 2.24) is 15.1 Å². The largest absolute Gasteiger partial charge is 0.334 e. The Labute approximate surface area is 173 Å². The molecule has 2 atom stereocenters. The van der Waals surface area contributed by atoms with Crippen molar-refractivity contribution in [1.29, 1.82) is 0 Å². The second kappa shape index (κ2) is 8.24. The first kappa shape index (κ1) is 22.1. The number of hydrogen-bond acceptors (Lipinski definition) is 5. The first-order valence-electron chi connectivity index (χ1n) is 10.8. The van der Waals surface area contributed by atoms with E-state index >= 15 is 0 Å². The van der Waals surface area contributed by atoms with Crippen LogP contribution in [-0.4, -0.2) is 71.7 Å². The van der Waals surface area contributed by atoms with Crippen LogP contribution in [0, 0.1) is 5.92 Å². The number of nitrogens with one attached hydrogen (secondary N) is 1. The van der Waals surface area contributed by atoms with Crippen LogP contribution >= 0.6 is 0 Å². The van der Waals surface area contributed by atoms with Gasteiger partial charge >= 0.3 is 6.03 Å². The summed E-state index contributed by atoms with van der Waals surface area (Å²) < 4.78 is 23.8. The summed E-state index contributed by atoms with van der Waals surface area (Å²) in [7, 11) is -3.15. The van der Waals surface area contributed by atoms with Crippen molar-refractivity contribution in [3.63, 3.8) is 0 Å². The molecule has 0 aromatic carbocycles. The molecule has 1 aliphatic carbocycles. The summed E-state index contributed by atoms with van der Waals surface area (Å²) in [4.78, 5) is 41.4. The second-order valence-corrected chi connectivity index (χ2v) is 11.1. The molecule has 0 bridgehead atoms. The molecular formula is C20H33N3O5S. The van der Waals surface area contributed by atoms with Crippen LogP contribution in [0.15, 0.2) is 0 Å². The summed E-state index contributed by atoms with van der Waals surface area (Å²) in [6.45, 7) is 5.62. The lowest BCUT2D eigenvalue weighted by atomic mass is 9.75. The quantitative estimate of drug-likeness (QED) is 0.650. The zero-order valence-electron chi connectivity index (χ0n) is 17.6. The molecule has 9 heteroatoms. The van der Waals surface area contributed by atoms with E-state index in [2.05, 4.69) is 12.2 Å². The number of carbonyl (C=O) groups excluding carboxylic acids is 3. The van der Waals surface area contributed by atoms with Gasteiger partial charge in [0.25, 0.3) is 5.91 Å². The fourth-order valence-electron chi connectivity index (χ4n) is 4.96. The van der Waals surface area contributed by atoms with Crippen LogP contribution in [0.2, 0.25) is 0 Å². The zero-order valence-corrected chi connectivity index (χ0v) is 18.5. The molecule has 8 nitrogen and oxygen atoms in total. The molecule has 29 heavy (non-hydrogen) atoms. The van der Waals surface area contributed by atoms with Crippen LogP contribution in [0.4, 0.5) is 4.79 Å². The van der Waals surface area contributed by atoms with Crippen molar-refractivity contribution >= 4 is 27.7 Å². The molecule has 3 fully saturated rings. The van der Waals surface area contributed by atoms with Gasteiger partial charge in [0, 0.05) is 12.1 Å². The minimum atomic E-state index is -3.15. The molecule has 4 amide bonds. The molecule has 1 spiro atoms. The highest BCUT2D eigenvalue weighted by Crippen LogP contribution is 2.37. The number of sulfone groups is 1. The van der Waals surface area contributed by atoms with Crippen molar-refractivity contribution in [3.05, 3.63) is 0 Å². The van der Waals surface area contributed by atoms with E-state index in [1.54, 1.807) is 4.90 Å². The van der Waals surface area contributed by atoms with Crippen LogP contribution in [0.3, 0.4) is 0 Å². The van der Waals surface area contributed by atoms with E-state index in [1.807, 2.05) is 13.8 Å². The molecule has 3 rings (SSSR count). The van der Waals surface area contributed by atoms with Crippen molar-refractivity contribution in [2.75, 3.05) is 18.1 Å². The molecule has 0 unspecified atom stereocenters. The van der Waals surface area contributed by atoms with Gasteiger partial charge in [0.05, 0.1) is 11.5 Å². The molecule has 0 aromatic rings. The molecule has 0 radical (unpaired) electrons. The van der Waals surface area contributed by atoms with Crippen LogP contribution in [-0.2, 0) is 19.4 Å². The van der Waals surface area contributed by atoms with E-state index in [4.69, 9.17) is 0 Å². The van der Waals surface area contributed by atoms with E-state index in [1.165, 1.54) is 0 Å². The van der Waals surface area contributed by atoms with Gasteiger partial charge in [-0.1, -0.05) is 20.3 Å². The summed E-state index contributed by atoms with van der Waals surface area (Å²) in [6, 6.07) is -1.06. The smallest absolute Gasteiger partial charge is 0.325 e. The van der Waals surface area contributed by atoms with Gasteiger partial charge in [-0.3, -0.25) is 14.5 Å². The van der Waals surface area contributed by atoms with Gasteiger partial charge in [0.1, 0.15) is 12.1 Å². The molecule has 1 saturated carbocycles. The highest BCUT2D eigenvalue weighted by molar-refractivity contribution is 7.91. The van der Waals surface area contributed by atoms with Crippen LogP contribution in [0.25, 0.3) is 0 Å². The molecule has 3 aliphatic rings. The van der Waals surface area contributed by atoms with Crippen LogP contribution < -0.4 is 5.32 Å². The maximum Gasteiger partial charge on any atom is 0.325 e. The maximum atomic E-state index is 13.1. The number of urea groups is 1. The molecule has 2 saturated heterocycles. The molecule has 1 N–H and O–H groups in total. The van der Waals surface area contributed by atoms with Crippen LogP contribution in [0.5, 0.6) is 0 Å². The van der Waals surface area contributed by atoms with Gasteiger partial charge in [-0.2, -0.15) is 0 Å². The summed E-state index contributed by atoms with van der Waals surface area (Å²) in [5.41, 5.74) is -0.874. The Morgan fingerprint density at radius 3 is 2.41 bits per heavy atom. The monoisotopic (exact) mass is 427 g/mol. The van der Waals surface area contributed by atoms with Gasteiger partial charge in [0.15, 0.2) is 9.84 Å². The van der Waals surface area contributed by atoms with Crippen molar-refractivity contribution in [2.45, 2.75) is 83.3 Å². The van der Waals surface area contributed by atoms with Gasteiger partial charge in [-0.15, -0.1) is 0 Å². The Bertz CT molecular complexity index is 773. The van der Waals surface area contributed by atoms with E-state index < -0.39 is 27.4 Å². The van der Waals surface area contributed by atoms with E-state index in [9.17, 15) is 22.8 Å². The predicted octanol–water partition coefficient (Wildman–Crippen LogP) is 1.69. The Kier molecular flexibility index (Phi) is 6.27. The van der Waals surface area contributed by atoms with Crippen molar-refractivity contribution < 1.29 is 22.8 Å². The second-order valence-electron chi connectivity index (χ2n) is 8.87. The fraction of sp³-hybridized carbons (Fsp3) is 0.850. The predicted molar refractivity (Wildman–Crippen MR) is 109 cm³/mol. The maximum absolute atomic E-state index is 13.1. The van der Waals surface area contributed by atoms with Crippen molar-refractivity contribution in [2.24, 2.45) is 5.92 Å². The highest BCUT2D eigenvalue weighted by Gasteiger charge is 2.53. The Balaban J connectivity index is 1.73. The number of hydrogen-bond donors (Lipinski definition) is 1. The number of carbonyl (C=O) groups is 3. The van der Waals surface area contributed by atoms with Gasteiger partial charge in [-0.05, 0) is 51.4 Å². The third kappa shape index (κ3) is 4.29. The third-order valence-corrected chi connectivity index (χ3v) is 8.78. The Morgan fingerprint density at radius 1 is 1.24 bits per heavy atom. The standard InChI is InChI=1S/C20H33N3O5S/c1-4-14(3)23(16-8-11-29(27,28)13-16)17(24)12-22-18(25)20(21-19(22)26)9-6-15(5-2)7-10-20/h14-16H,4-13H2,1-3H3,(H,21,26)/t14-,15?,16-,20?/m0/s1. The van der Waals surface area contributed by atoms with E-state index in [0.29, 0.717) is 31.6 Å². The van der Waals surface area contributed by atoms with Gasteiger partial charge in [0.2, 0.25) is 5.91 Å². The number of amides is 4. The van der Waals surface area contributed by atoms with Crippen LogP contribution in [0.1, 0.15) is 65.7 Å². The number of imide groups is 1. The molecule has 164 valence electrons.